The lowest BCUT2D eigenvalue weighted by atomic mass is 10.4. The third-order valence-electron chi connectivity index (χ3n) is 1.54. The van der Waals surface area contributed by atoms with Gasteiger partial charge in [-0.2, -0.15) is 0 Å². The number of aryl methyl sites for hydroxylation is 2. The normalized spacial score (nSPS) is 12.0. The predicted octanol–water partition coefficient (Wildman–Crippen LogP) is 2.77. The van der Waals surface area contributed by atoms with Gasteiger partial charge in [0.2, 0.25) is 0 Å². The Kier molecular flexibility index (Phi) is 3.86. The summed E-state index contributed by atoms with van der Waals surface area (Å²) in [6.07, 6.45) is 0. The molecule has 3 heteroatoms. The molecule has 0 radical (unpaired) electrons. The highest BCUT2D eigenvalue weighted by Gasteiger charge is 2.06. The smallest absolute Gasteiger partial charge is 0.118 e. The van der Waals surface area contributed by atoms with E-state index in [-0.39, 0.29) is 5.37 Å². The van der Waals surface area contributed by atoms with Gasteiger partial charge in [-0.25, -0.2) is 0 Å². The van der Waals surface area contributed by atoms with Crippen molar-refractivity contribution in [1.82, 2.24) is 0 Å². The highest BCUT2D eigenvalue weighted by molar-refractivity contribution is 8.00. The molecule has 1 rings (SSSR count). The zero-order valence-corrected chi connectivity index (χ0v) is 9.68. The summed E-state index contributed by atoms with van der Waals surface area (Å²) in [5.74, 6) is 5.75. The van der Waals surface area contributed by atoms with Crippen molar-refractivity contribution in [2.45, 2.75) is 31.0 Å². The van der Waals surface area contributed by atoms with Gasteiger partial charge in [-0.15, -0.1) is 17.3 Å². The first kappa shape index (κ1) is 10.6. The van der Waals surface area contributed by atoms with Gasteiger partial charge in [0.05, 0.1) is 0 Å². The molecule has 1 unspecified atom stereocenters. The molecule has 2 N–H and O–H groups in total. The molecule has 13 heavy (non-hydrogen) atoms. The SMILES string of the molecule is CC#CC(N)Sc1cc(C)sc1C. The molecule has 1 atom stereocenters. The van der Waals surface area contributed by atoms with Crippen LogP contribution in [0.2, 0.25) is 0 Å². The van der Waals surface area contributed by atoms with E-state index < -0.39 is 0 Å². The van der Waals surface area contributed by atoms with Crippen LogP contribution in [0.15, 0.2) is 11.0 Å². The third kappa shape index (κ3) is 3.07. The monoisotopic (exact) mass is 211 g/mol. The van der Waals surface area contributed by atoms with E-state index in [0.29, 0.717) is 0 Å². The molecule has 0 aromatic carbocycles. The summed E-state index contributed by atoms with van der Waals surface area (Å²) in [6.45, 7) is 6.04. The lowest BCUT2D eigenvalue weighted by Gasteiger charge is -2.02. The largest absolute Gasteiger partial charge is 0.309 e. The van der Waals surface area contributed by atoms with Gasteiger partial charge in [-0.1, -0.05) is 17.7 Å². The second kappa shape index (κ2) is 4.71. The molecular formula is C10H13NS2. The molecule has 0 spiro atoms. The second-order valence-electron chi connectivity index (χ2n) is 2.71. The number of thiophene rings is 1. The van der Waals surface area contributed by atoms with E-state index in [9.17, 15) is 0 Å². The Labute approximate surface area is 87.7 Å². The van der Waals surface area contributed by atoms with Crippen molar-refractivity contribution in [3.63, 3.8) is 0 Å². The van der Waals surface area contributed by atoms with Gasteiger partial charge in [-0.05, 0) is 26.8 Å². The van der Waals surface area contributed by atoms with Crippen LogP contribution in [0.5, 0.6) is 0 Å². The lowest BCUT2D eigenvalue weighted by Crippen LogP contribution is -2.11. The molecule has 1 heterocycles. The van der Waals surface area contributed by atoms with Crippen molar-refractivity contribution in [1.29, 1.82) is 0 Å². The zero-order chi connectivity index (χ0) is 9.84. The fraction of sp³-hybridized carbons (Fsp3) is 0.400. The zero-order valence-electron chi connectivity index (χ0n) is 8.05. The van der Waals surface area contributed by atoms with E-state index >= 15 is 0 Å². The number of rotatable bonds is 2. The predicted molar refractivity (Wildman–Crippen MR) is 61.1 cm³/mol. The molecule has 0 aliphatic heterocycles. The molecule has 70 valence electrons. The molecule has 0 saturated carbocycles. The summed E-state index contributed by atoms with van der Waals surface area (Å²) in [5, 5.41) is -0.0994. The van der Waals surface area contributed by atoms with Gasteiger partial charge in [0.15, 0.2) is 0 Å². The average molecular weight is 211 g/mol. The van der Waals surface area contributed by atoms with E-state index in [4.69, 9.17) is 5.73 Å². The van der Waals surface area contributed by atoms with Gasteiger partial charge in [-0.3, -0.25) is 0 Å². The molecule has 0 amide bonds. The number of thioether (sulfide) groups is 1. The van der Waals surface area contributed by atoms with Crippen LogP contribution in [-0.2, 0) is 0 Å². The Morgan fingerprint density at radius 1 is 1.54 bits per heavy atom. The summed E-state index contributed by atoms with van der Waals surface area (Å²) in [6, 6.07) is 2.17. The molecule has 0 aliphatic rings. The minimum atomic E-state index is -0.0994. The summed E-state index contributed by atoms with van der Waals surface area (Å²) in [7, 11) is 0. The van der Waals surface area contributed by atoms with Crippen molar-refractivity contribution >= 4 is 23.1 Å². The van der Waals surface area contributed by atoms with Crippen molar-refractivity contribution in [3.8, 4) is 11.8 Å². The first-order chi connectivity index (χ1) is 6.13. The van der Waals surface area contributed by atoms with Crippen LogP contribution in [0.3, 0.4) is 0 Å². The topological polar surface area (TPSA) is 26.0 Å². The molecule has 1 nitrogen and oxygen atoms in total. The van der Waals surface area contributed by atoms with Crippen LogP contribution in [-0.4, -0.2) is 5.37 Å². The Balaban J connectivity index is 2.72. The van der Waals surface area contributed by atoms with Crippen LogP contribution in [0.4, 0.5) is 0 Å². The molecule has 0 aliphatic carbocycles. The Hall–Kier alpha value is -0.430. The summed E-state index contributed by atoms with van der Waals surface area (Å²) in [4.78, 5) is 3.92. The average Bonchev–Trinajstić information content (AvgIpc) is 2.30. The minimum absolute atomic E-state index is 0.0994. The maximum Gasteiger partial charge on any atom is 0.118 e. The van der Waals surface area contributed by atoms with Crippen molar-refractivity contribution in [2.24, 2.45) is 5.73 Å². The molecule has 1 aromatic rings. The van der Waals surface area contributed by atoms with E-state index in [0.717, 1.165) is 0 Å². The van der Waals surface area contributed by atoms with Gasteiger partial charge >= 0.3 is 0 Å². The Morgan fingerprint density at radius 2 is 2.23 bits per heavy atom. The number of nitrogens with two attached hydrogens (primary N) is 1. The quantitative estimate of drug-likeness (QED) is 0.462. The van der Waals surface area contributed by atoms with Gasteiger partial charge in [0, 0.05) is 14.6 Å². The minimum Gasteiger partial charge on any atom is -0.309 e. The molecular weight excluding hydrogens is 198 g/mol. The first-order valence-electron chi connectivity index (χ1n) is 4.05. The van der Waals surface area contributed by atoms with Crippen LogP contribution < -0.4 is 5.73 Å². The first-order valence-corrected chi connectivity index (χ1v) is 5.74. The fourth-order valence-electron chi connectivity index (χ4n) is 1.03. The number of hydrogen-bond acceptors (Lipinski definition) is 3. The number of hydrogen-bond donors (Lipinski definition) is 1. The van der Waals surface area contributed by atoms with Gasteiger partial charge < -0.3 is 5.73 Å². The van der Waals surface area contributed by atoms with E-state index in [2.05, 4.69) is 31.8 Å². The third-order valence-corrected chi connectivity index (χ3v) is 3.68. The van der Waals surface area contributed by atoms with Crippen molar-refractivity contribution in [2.75, 3.05) is 0 Å². The van der Waals surface area contributed by atoms with Crippen molar-refractivity contribution < 1.29 is 0 Å². The molecule has 0 saturated heterocycles. The molecule has 1 aromatic heterocycles. The van der Waals surface area contributed by atoms with E-state index in [1.165, 1.54) is 14.6 Å². The van der Waals surface area contributed by atoms with E-state index in [1.807, 2.05) is 6.92 Å². The maximum atomic E-state index is 5.79. The van der Waals surface area contributed by atoms with Crippen LogP contribution in [0.1, 0.15) is 16.7 Å². The highest BCUT2D eigenvalue weighted by atomic mass is 32.2. The fourth-order valence-corrected chi connectivity index (χ4v) is 3.06. The van der Waals surface area contributed by atoms with Gasteiger partial charge in [0.1, 0.15) is 5.37 Å². The Morgan fingerprint density at radius 3 is 2.69 bits per heavy atom. The standard InChI is InChI=1S/C10H13NS2/c1-4-5-10(11)13-9-6-7(2)12-8(9)3/h6,10H,11H2,1-3H3. The van der Waals surface area contributed by atoms with Crippen LogP contribution >= 0.6 is 23.1 Å². The highest BCUT2D eigenvalue weighted by Crippen LogP contribution is 2.30. The van der Waals surface area contributed by atoms with Gasteiger partial charge in [0.25, 0.3) is 0 Å². The van der Waals surface area contributed by atoms with E-state index in [1.54, 1.807) is 23.1 Å². The van der Waals surface area contributed by atoms with Crippen LogP contribution in [0.25, 0.3) is 0 Å². The summed E-state index contributed by atoms with van der Waals surface area (Å²) in [5.41, 5.74) is 5.79. The maximum absolute atomic E-state index is 5.79. The second-order valence-corrected chi connectivity index (χ2v) is 5.35. The molecule has 0 bridgehead atoms. The van der Waals surface area contributed by atoms with Crippen LogP contribution in [0, 0.1) is 25.7 Å². The summed E-state index contributed by atoms with van der Waals surface area (Å²) < 4.78 is 0. The lowest BCUT2D eigenvalue weighted by molar-refractivity contribution is 1.19. The van der Waals surface area contributed by atoms with Crippen molar-refractivity contribution in [3.05, 3.63) is 15.8 Å². The molecule has 0 fully saturated rings. The summed E-state index contributed by atoms with van der Waals surface area (Å²) >= 11 is 3.43. The Bertz CT molecular complexity index is 344.